The summed E-state index contributed by atoms with van der Waals surface area (Å²) in [5.74, 6) is 0.938. The van der Waals surface area contributed by atoms with Crippen molar-refractivity contribution in [2.24, 2.45) is 0 Å². The maximum absolute atomic E-state index is 13.6. The van der Waals surface area contributed by atoms with Gasteiger partial charge in [0, 0.05) is 31.9 Å². The quantitative estimate of drug-likeness (QED) is 0.739. The number of carbonyl (C=O) groups excluding carboxylic acids is 1. The highest BCUT2D eigenvalue weighted by atomic mass is 16.5. The molecule has 30 heavy (non-hydrogen) atoms. The third-order valence-corrected chi connectivity index (χ3v) is 6.99. The second-order valence-electron chi connectivity index (χ2n) is 9.02. The number of benzene rings is 1. The largest absolute Gasteiger partial charge is 0.497 e. The molecule has 2 aliphatic heterocycles. The Bertz CT molecular complexity index is 697. The van der Waals surface area contributed by atoms with E-state index in [-0.39, 0.29) is 18.0 Å². The van der Waals surface area contributed by atoms with E-state index in [4.69, 9.17) is 9.47 Å². The normalized spacial score (nSPS) is 27.5. The molecule has 2 atom stereocenters. The first kappa shape index (κ1) is 21.4. The molecular formula is C23H36N4O3. The Morgan fingerprint density at radius 1 is 1.07 bits per heavy atom. The van der Waals surface area contributed by atoms with Gasteiger partial charge < -0.3 is 25.0 Å². The molecule has 2 heterocycles. The van der Waals surface area contributed by atoms with Gasteiger partial charge in [0.15, 0.2) is 0 Å². The van der Waals surface area contributed by atoms with Crippen molar-refractivity contribution in [3.05, 3.63) is 24.3 Å². The van der Waals surface area contributed by atoms with Crippen molar-refractivity contribution >= 4 is 11.6 Å². The highest BCUT2D eigenvalue weighted by Crippen LogP contribution is 2.33. The van der Waals surface area contributed by atoms with Gasteiger partial charge in [-0.3, -0.25) is 9.69 Å². The molecule has 1 saturated carbocycles. The van der Waals surface area contributed by atoms with Crippen LogP contribution in [0.25, 0.3) is 0 Å². The molecule has 3 aliphatic rings. The molecule has 2 N–H and O–H groups in total. The SMILES string of the molecule is COc1ccc(NC2(C(=O)N[C@H]3COC[C@@H]3N3CCN(C)CC3)CCCCC2)cc1. The van der Waals surface area contributed by atoms with Crippen molar-refractivity contribution in [1.29, 1.82) is 0 Å². The zero-order valence-corrected chi connectivity index (χ0v) is 18.4. The van der Waals surface area contributed by atoms with Gasteiger partial charge in [-0.1, -0.05) is 19.3 Å². The molecule has 166 valence electrons. The first-order valence-corrected chi connectivity index (χ1v) is 11.3. The number of piperazine rings is 1. The van der Waals surface area contributed by atoms with Crippen molar-refractivity contribution in [3.8, 4) is 5.75 Å². The third kappa shape index (κ3) is 4.74. The van der Waals surface area contributed by atoms with E-state index < -0.39 is 5.54 Å². The fourth-order valence-corrected chi connectivity index (χ4v) is 5.02. The summed E-state index contributed by atoms with van der Waals surface area (Å²) < 4.78 is 11.1. The van der Waals surface area contributed by atoms with Crippen LogP contribution in [0.5, 0.6) is 5.75 Å². The first-order valence-electron chi connectivity index (χ1n) is 11.3. The topological polar surface area (TPSA) is 66.1 Å². The van der Waals surface area contributed by atoms with E-state index in [9.17, 15) is 4.79 Å². The molecule has 3 fully saturated rings. The second kappa shape index (κ2) is 9.54. The summed E-state index contributed by atoms with van der Waals surface area (Å²) >= 11 is 0. The zero-order valence-electron chi connectivity index (χ0n) is 18.4. The minimum Gasteiger partial charge on any atom is -0.497 e. The van der Waals surface area contributed by atoms with Gasteiger partial charge in [0.1, 0.15) is 11.3 Å². The Balaban J connectivity index is 1.45. The number of carbonyl (C=O) groups is 1. The van der Waals surface area contributed by atoms with Crippen LogP contribution < -0.4 is 15.4 Å². The van der Waals surface area contributed by atoms with E-state index in [0.29, 0.717) is 13.2 Å². The van der Waals surface area contributed by atoms with Crippen molar-refractivity contribution in [2.75, 3.05) is 58.9 Å². The predicted molar refractivity (Wildman–Crippen MR) is 118 cm³/mol. The lowest BCUT2D eigenvalue weighted by atomic mass is 9.80. The summed E-state index contributed by atoms with van der Waals surface area (Å²) in [6.07, 6.45) is 5.05. The van der Waals surface area contributed by atoms with Crippen LogP contribution in [0, 0.1) is 0 Å². The summed E-state index contributed by atoms with van der Waals surface area (Å²) in [5.41, 5.74) is 0.411. The van der Waals surface area contributed by atoms with Crippen LogP contribution >= 0.6 is 0 Å². The van der Waals surface area contributed by atoms with Crippen LogP contribution in [-0.2, 0) is 9.53 Å². The number of anilines is 1. The highest BCUT2D eigenvalue weighted by molar-refractivity contribution is 5.90. The molecule has 1 aliphatic carbocycles. The lowest BCUT2D eigenvalue weighted by Crippen LogP contribution is -2.61. The van der Waals surface area contributed by atoms with E-state index in [1.165, 1.54) is 6.42 Å². The summed E-state index contributed by atoms with van der Waals surface area (Å²) in [6.45, 7) is 5.51. The average Bonchev–Trinajstić information content (AvgIpc) is 3.23. The fourth-order valence-electron chi connectivity index (χ4n) is 5.02. The second-order valence-corrected chi connectivity index (χ2v) is 9.02. The standard InChI is InChI=1S/C23H36N4O3/c1-26-12-14-27(15-13-26)21-17-30-16-20(21)24-22(28)23(10-4-3-5-11-23)25-18-6-8-19(29-2)9-7-18/h6-9,20-21,25H,3-5,10-17H2,1-2H3,(H,24,28)/t20-,21-/m0/s1. The van der Waals surface area contributed by atoms with Crippen LogP contribution in [0.4, 0.5) is 5.69 Å². The van der Waals surface area contributed by atoms with Gasteiger partial charge in [-0.15, -0.1) is 0 Å². The number of likely N-dealkylation sites (N-methyl/N-ethyl adjacent to an activating group) is 1. The smallest absolute Gasteiger partial charge is 0.246 e. The first-order chi connectivity index (χ1) is 14.6. The van der Waals surface area contributed by atoms with Crippen molar-refractivity contribution in [1.82, 2.24) is 15.1 Å². The van der Waals surface area contributed by atoms with Crippen LogP contribution in [-0.4, -0.2) is 86.9 Å². The summed E-state index contributed by atoms with van der Waals surface area (Å²) in [7, 11) is 3.83. The minimum atomic E-state index is -0.553. The van der Waals surface area contributed by atoms with E-state index in [2.05, 4.69) is 27.5 Å². The number of methoxy groups -OCH3 is 1. The maximum atomic E-state index is 13.6. The number of amides is 1. The fraction of sp³-hybridized carbons (Fsp3) is 0.696. The number of hydrogen-bond acceptors (Lipinski definition) is 6. The van der Waals surface area contributed by atoms with Gasteiger partial charge in [0.2, 0.25) is 5.91 Å². The van der Waals surface area contributed by atoms with Crippen LogP contribution in [0.1, 0.15) is 32.1 Å². The van der Waals surface area contributed by atoms with E-state index in [1.807, 2.05) is 24.3 Å². The predicted octanol–water partition coefficient (Wildman–Crippen LogP) is 1.94. The molecule has 7 nitrogen and oxygen atoms in total. The van der Waals surface area contributed by atoms with Crippen LogP contribution in [0.2, 0.25) is 0 Å². The van der Waals surface area contributed by atoms with Crippen LogP contribution in [0.3, 0.4) is 0 Å². The Morgan fingerprint density at radius 2 is 1.77 bits per heavy atom. The van der Waals surface area contributed by atoms with Crippen molar-refractivity contribution in [3.63, 3.8) is 0 Å². The van der Waals surface area contributed by atoms with Crippen LogP contribution in [0.15, 0.2) is 24.3 Å². The number of rotatable bonds is 6. The molecule has 0 bridgehead atoms. The highest BCUT2D eigenvalue weighted by Gasteiger charge is 2.43. The Labute approximate surface area is 180 Å². The van der Waals surface area contributed by atoms with E-state index >= 15 is 0 Å². The molecule has 1 aromatic carbocycles. The number of ether oxygens (including phenoxy) is 2. The molecule has 0 spiro atoms. The monoisotopic (exact) mass is 416 g/mol. The van der Waals surface area contributed by atoms with Gasteiger partial charge in [-0.05, 0) is 44.2 Å². The molecular weight excluding hydrogens is 380 g/mol. The molecule has 2 saturated heterocycles. The summed E-state index contributed by atoms with van der Waals surface area (Å²) in [5, 5.41) is 6.98. The Morgan fingerprint density at radius 3 is 2.43 bits per heavy atom. The summed E-state index contributed by atoms with van der Waals surface area (Å²) in [6, 6.07) is 8.18. The average molecular weight is 417 g/mol. The molecule has 0 aromatic heterocycles. The van der Waals surface area contributed by atoms with Gasteiger partial charge in [0.25, 0.3) is 0 Å². The third-order valence-electron chi connectivity index (χ3n) is 6.99. The molecule has 0 radical (unpaired) electrons. The maximum Gasteiger partial charge on any atom is 0.246 e. The van der Waals surface area contributed by atoms with Gasteiger partial charge in [-0.2, -0.15) is 0 Å². The lowest BCUT2D eigenvalue weighted by Gasteiger charge is -2.41. The Kier molecular flexibility index (Phi) is 6.80. The molecule has 1 amide bonds. The molecule has 4 rings (SSSR count). The van der Waals surface area contributed by atoms with Crippen molar-refractivity contribution in [2.45, 2.75) is 49.7 Å². The number of hydrogen-bond donors (Lipinski definition) is 2. The lowest BCUT2D eigenvalue weighted by molar-refractivity contribution is -0.127. The Hall–Kier alpha value is -1.83. The number of nitrogens with one attached hydrogen (secondary N) is 2. The zero-order chi connectivity index (χ0) is 21.0. The van der Waals surface area contributed by atoms with Gasteiger partial charge >= 0.3 is 0 Å². The molecule has 0 unspecified atom stereocenters. The molecule has 7 heteroatoms. The van der Waals surface area contributed by atoms with Crippen molar-refractivity contribution < 1.29 is 14.3 Å². The summed E-state index contributed by atoms with van der Waals surface area (Å²) in [4.78, 5) is 18.4. The van der Waals surface area contributed by atoms with Gasteiger partial charge in [0.05, 0.1) is 32.4 Å². The molecule has 1 aromatic rings. The van der Waals surface area contributed by atoms with E-state index in [1.54, 1.807) is 7.11 Å². The van der Waals surface area contributed by atoms with Gasteiger partial charge in [-0.25, -0.2) is 0 Å². The number of nitrogens with zero attached hydrogens (tertiary/aromatic N) is 2. The minimum absolute atomic E-state index is 0.0531. The van der Waals surface area contributed by atoms with E-state index in [0.717, 1.165) is 63.3 Å².